The van der Waals surface area contributed by atoms with Gasteiger partial charge < -0.3 is 49.6 Å². The number of aliphatic hydroxyl groups is 3. The molecule has 2 aliphatic heterocycles. The Bertz CT molecular complexity index is 1860. The van der Waals surface area contributed by atoms with E-state index < -0.39 is 23.5 Å². The summed E-state index contributed by atoms with van der Waals surface area (Å²) >= 11 is 0. The largest absolute Gasteiger partial charge is 0.508 e. The molecule has 6 N–H and O–H groups in total. The van der Waals surface area contributed by atoms with Crippen molar-refractivity contribution in [2.45, 2.75) is 78.5 Å². The summed E-state index contributed by atoms with van der Waals surface area (Å²) in [7, 11) is 6.38. The fourth-order valence-electron chi connectivity index (χ4n) is 9.47. The van der Waals surface area contributed by atoms with Gasteiger partial charge in [-0.15, -0.1) is 0 Å². The van der Waals surface area contributed by atoms with Gasteiger partial charge in [0.25, 0.3) is 0 Å². The zero-order valence-corrected chi connectivity index (χ0v) is 30.2. The molecule has 12 heteroatoms. The van der Waals surface area contributed by atoms with Crippen LogP contribution >= 0.6 is 21.6 Å². The number of hydrogen-bond acceptors (Lipinski definition) is 12. The first-order valence-electron chi connectivity index (χ1n) is 17.7. The highest BCUT2D eigenvalue weighted by Gasteiger charge is 2.59. The average molecular weight is 737 g/mol. The van der Waals surface area contributed by atoms with Crippen molar-refractivity contribution in [3.05, 3.63) is 64.7 Å². The molecule has 3 aromatic carbocycles. The predicted molar refractivity (Wildman–Crippen MR) is 196 cm³/mol. The van der Waals surface area contributed by atoms with E-state index in [9.17, 15) is 30.6 Å². The standard InChI is InChI=1S/C39H44O10S2/c1-46-29-16-26(35(43)37(47-2)36(29)44)39-11-10-30-34(38(39)45)33-28(49-39)17-27(48-13-12-40)31-23-9-7-20(42)15-24(23)22(25(18-41)32(31)33)8-6-19-4-3-5-21(14-19)50-51-30/h3,5,7,9,15-17,19,21-22,25,30,34,38,40-45H,4,6,8,10-14,18H2,1-2H3. The lowest BCUT2D eigenvalue weighted by atomic mass is 9.61. The van der Waals surface area contributed by atoms with E-state index in [0.29, 0.717) is 35.5 Å². The Labute approximate surface area is 304 Å². The number of fused-ring (bicyclic) bond motifs is 7. The van der Waals surface area contributed by atoms with Crippen molar-refractivity contribution in [1.29, 1.82) is 0 Å². The van der Waals surface area contributed by atoms with Gasteiger partial charge in [0, 0.05) is 45.1 Å². The maximum Gasteiger partial charge on any atom is 0.207 e. The molecule has 5 aliphatic rings. The van der Waals surface area contributed by atoms with Crippen molar-refractivity contribution in [3.63, 3.8) is 0 Å². The molecule has 0 radical (unpaired) electrons. The van der Waals surface area contributed by atoms with Gasteiger partial charge in [-0.25, -0.2) is 0 Å². The van der Waals surface area contributed by atoms with E-state index in [-0.39, 0.29) is 65.3 Å². The Morgan fingerprint density at radius 1 is 0.941 bits per heavy atom. The van der Waals surface area contributed by atoms with Gasteiger partial charge in [-0.1, -0.05) is 39.8 Å². The number of ether oxygens (including phenoxy) is 4. The zero-order chi connectivity index (χ0) is 35.6. The van der Waals surface area contributed by atoms with Gasteiger partial charge >= 0.3 is 0 Å². The number of benzene rings is 3. The molecule has 0 amide bonds. The summed E-state index contributed by atoms with van der Waals surface area (Å²) in [6.07, 6.45) is 8.20. The highest BCUT2D eigenvalue weighted by atomic mass is 33.1. The van der Waals surface area contributed by atoms with Crippen LogP contribution in [0.2, 0.25) is 0 Å². The molecule has 0 aromatic heterocycles. The van der Waals surface area contributed by atoms with Crippen LogP contribution in [0.25, 0.3) is 11.1 Å². The van der Waals surface area contributed by atoms with E-state index in [1.165, 1.54) is 20.3 Å². The summed E-state index contributed by atoms with van der Waals surface area (Å²) in [5.74, 6) is -0.303. The second kappa shape index (κ2) is 13.5. The van der Waals surface area contributed by atoms with E-state index in [1.54, 1.807) is 16.9 Å². The second-order valence-corrected chi connectivity index (χ2v) is 17.0. The highest BCUT2D eigenvalue weighted by molar-refractivity contribution is 8.77. The van der Waals surface area contributed by atoms with Crippen molar-refractivity contribution >= 4 is 21.6 Å². The first-order chi connectivity index (χ1) is 24.7. The Morgan fingerprint density at radius 2 is 1.78 bits per heavy atom. The lowest BCUT2D eigenvalue weighted by Crippen LogP contribution is -2.57. The number of rotatable bonds is 7. The molecular weight excluding hydrogens is 693 g/mol. The highest BCUT2D eigenvalue weighted by Crippen LogP contribution is 2.66. The smallest absolute Gasteiger partial charge is 0.207 e. The summed E-state index contributed by atoms with van der Waals surface area (Å²) in [4.78, 5) is 0. The van der Waals surface area contributed by atoms with E-state index >= 15 is 0 Å². The van der Waals surface area contributed by atoms with Crippen LogP contribution in [-0.4, -0.2) is 81.3 Å². The quantitative estimate of drug-likeness (QED) is 0.117. The molecule has 51 heavy (non-hydrogen) atoms. The minimum Gasteiger partial charge on any atom is -0.508 e. The van der Waals surface area contributed by atoms with Crippen molar-refractivity contribution < 1.29 is 49.6 Å². The number of phenolic OH excluding ortho intramolecular Hbond substituents is 3. The molecule has 6 bridgehead atoms. The first-order valence-corrected chi connectivity index (χ1v) is 19.9. The number of methoxy groups -OCH3 is 2. The third-order valence-corrected chi connectivity index (χ3v) is 15.0. The maximum absolute atomic E-state index is 12.8. The van der Waals surface area contributed by atoms with Crippen LogP contribution < -0.4 is 18.9 Å². The van der Waals surface area contributed by atoms with Crippen LogP contribution in [0.15, 0.2) is 42.5 Å². The zero-order valence-electron chi connectivity index (χ0n) is 28.6. The molecule has 2 heterocycles. The van der Waals surface area contributed by atoms with Gasteiger partial charge in [-0.3, -0.25) is 0 Å². The van der Waals surface area contributed by atoms with Gasteiger partial charge in [-0.05, 0) is 85.3 Å². The molecule has 0 saturated heterocycles. The van der Waals surface area contributed by atoms with Gasteiger partial charge in [-0.2, -0.15) is 0 Å². The Morgan fingerprint density at radius 3 is 2.55 bits per heavy atom. The van der Waals surface area contributed by atoms with Crippen molar-refractivity contribution in [2.24, 2.45) is 5.92 Å². The molecule has 8 atom stereocenters. The fraction of sp³-hybridized carbons (Fsp3) is 0.487. The minimum atomic E-state index is -1.46. The molecule has 272 valence electrons. The van der Waals surface area contributed by atoms with Crippen LogP contribution in [0.1, 0.15) is 78.5 Å². The van der Waals surface area contributed by atoms with E-state index in [4.69, 9.17) is 18.9 Å². The van der Waals surface area contributed by atoms with Crippen LogP contribution in [0, 0.1) is 5.92 Å². The number of phenols is 3. The second-order valence-electron chi connectivity index (χ2n) is 14.3. The molecule has 10 nitrogen and oxygen atoms in total. The van der Waals surface area contributed by atoms with Crippen LogP contribution in [0.5, 0.6) is 40.2 Å². The van der Waals surface area contributed by atoms with Gasteiger partial charge in [0.2, 0.25) is 11.5 Å². The summed E-state index contributed by atoms with van der Waals surface area (Å²) < 4.78 is 24.2. The molecule has 1 fully saturated rings. The molecule has 3 aliphatic carbocycles. The van der Waals surface area contributed by atoms with Crippen molar-refractivity contribution in [2.75, 3.05) is 34.0 Å². The topological polar surface area (TPSA) is 158 Å². The average Bonchev–Trinajstić information content (AvgIpc) is 3.13. The van der Waals surface area contributed by atoms with E-state index in [0.717, 1.165) is 53.5 Å². The lowest BCUT2D eigenvalue weighted by molar-refractivity contribution is -0.112. The van der Waals surface area contributed by atoms with Gasteiger partial charge in [0.05, 0.1) is 27.4 Å². The third kappa shape index (κ3) is 5.43. The van der Waals surface area contributed by atoms with Gasteiger partial charge in [0.1, 0.15) is 30.0 Å². The van der Waals surface area contributed by atoms with Gasteiger partial charge in [0.15, 0.2) is 17.1 Å². The number of allylic oxidation sites excluding steroid dienone is 1. The molecule has 3 aromatic rings. The van der Waals surface area contributed by atoms with Crippen molar-refractivity contribution in [1.82, 2.24) is 0 Å². The Kier molecular flexibility index (Phi) is 9.19. The Hall–Kier alpha value is -3.42. The first kappa shape index (κ1) is 34.7. The maximum atomic E-state index is 12.8. The van der Waals surface area contributed by atoms with Crippen LogP contribution in [0.4, 0.5) is 0 Å². The number of aromatic hydroxyl groups is 3. The summed E-state index contributed by atoms with van der Waals surface area (Å²) in [5, 5.41) is 67.6. The molecular formula is C39H44O10S2. The monoisotopic (exact) mass is 736 g/mol. The number of aliphatic hydroxyl groups excluding tert-OH is 3. The normalized spacial score (nSPS) is 30.3. The third-order valence-electron chi connectivity index (χ3n) is 11.7. The van der Waals surface area contributed by atoms with Crippen molar-refractivity contribution in [3.8, 4) is 51.4 Å². The van der Waals surface area contributed by atoms with Crippen LogP contribution in [-0.2, 0) is 5.60 Å². The summed E-state index contributed by atoms with van der Waals surface area (Å²) in [5.41, 5.74) is 3.02. The predicted octanol–water partition coefficient (Wildman–Crippen LogP) is 6.44. The van der Waals surface area contributed by atoms with Crippen LogP contribution in [0.3, 0.4) is 0 Å². The summed E-state index contributed by atoms with van der Waals surface area (Å²) in [6.45, 7) is -0.384. The molecule has 8 unspecified atom stereocenters. The molecule has 0 spiro atoms. The van der Waals surface area contributed by atoms with E-state index in [2.05, 4.69) is 12.2 Å². The van der Waals surface area contributed by atoms with E-state index in [1.807, 2.05) is 29.0 Å². The SMILES string of the molecule is COc1cc(C23CCC4SSC5C=CCC(CCC6c7cc(O)ccc7-c7c(OCCO)cc(c(c7C6CO)C4C2O)O3)C5)c(O)c(OC)c1O. The Balaban J connectivity index is 1.42. The summed E-state index contributed by atoms with van der Waals surface area (Å²) in [6, 6.07) is 8.69. The lowest BCUT2D eigenvalue weighted by Gasteiger charge is -2.54. The minimum absolute atomic E-state index is 0.0153. The molecule has 1 saturated carbocycles. The fourth-order valence-corrected chi connectivity index (χ4v) is 12.8. The number of hydrogen-bond donors (Lipinski definition) is 6. The molecule has 8 rings (SSSR count).